The van der Waals surface area contributed by atoms with Crippen LogP contribution >= 0.6 is 11.6 Å². The fourth-order valence-corrected chi connectivity index (χ4v) is 0.803. The van der Waals surface area contributed by atoms with Gasteiger partial charge in [-0.2, -0.15) is 0 Å². The van der Waals surface area contributed by atoms with E-state index >= 15 is 0 Å². The van der Waals surface area contributed by atoms with Crippen LogP contribution in [0, 0.1) is 18.4 Å². The quantitative estimate of drug-likeness (QED) is 0.611. The van der Waals surface area contributed by atoms with Gasteiger partial charge in [0.15, 0.2) is 0 Å². The minimum absolute atomic E-state index is 0.264. The van der Waals surface area contributed by atoms with Gasteiger partial charge in [-0.25, -0.2) is 0 Å². The average Bonchev–Trinajstić information content (AvgIpc) is 2.01. The van der Waals surface area contributed by atoms with E-state index in [-0.39, 0.29) is 6.61 Å². The van der Waals surface area contributed by atoms with Crippen LogP contribution < -0.4 is 4.74 Å². The van der Waals surface area contributed by atoms with Crippen LogP contribution in [0.5, 0.6) is 5.75 Å². The molecule has 0 amide bonds. The SMILES string of the molecule is C#CCOc1cc[c]c(Cl)c1. The monoisotopic (exact) mass is 165 g/mol. The van der Waals surface area contributed by atoms with Crippen molar-refractivity contribution >= 4 is 11.6 Å². The number of hydrogen-bond donors (Lipinski definition) is 0. The van der Waals surface area contributed by atoms with Gasteiger partial charge in [-0.15, -0.1) is 6.42 Å². The summed E-state index contributed by atoms with van der Waals surface area (Å²) < 4.78 is 5.10. The molecule has 11 heavy (non-hydrogen) atoms. The molecule has 0 spiro atoms. The summed E-state index contributed by atoms with van der Waals surface area (Å²) in [4.78, 5) is 0. The lowest BCUT2D eigenvalue weighted by Gasteiger charge is -2.00. The molecule has 1 aromatic carbocycles. The Morgan fingerprint density at radius 3 is 3.18 bits per heavy atom. The minimum atomic E-state index is 0.264. The topological polar surface area (TPSA) is 9.23 Å². The first-order valence-corrected chi connectivity index (χ1v) is 3.44. The zero-order valence-electron chi connectivity index (χ0n) is 5.80. The molecule has 1 rings (SSSR count). The van der Waals surface area contributed by atoms with Gasteiger partial charge in [-0.05, 0) is 18.2 Å². The molecule has 1 radical (unpaired) electrons. The minimum Gasteiger partial charge on any atom is -0.481 e. The highest BCUT2D eigenvalue weighted by molar-refractivity contribution is 6.30. The van der Waals surface area contributed by atoms with E-state index in [0.717, 1.165) is 0 Å². The zero-order chi connectivity index (χ0) is 8.10. The van der Waals surface area contributed by atoms with Crippen LogP contribution in [0.3, 0.4) is 0 Å². The van der Waals surface area contributed by atoms with E-state index in [1.807, 2.05) is 0 Å². The number of hydrogen-bond acceptors (Lipinski definition) is 1. The Labute approximate surface area is 70.9 Å². The molecule has 0 saturated carbocycles. The van der Waals surface area contributed by atoms with Gasteiger partial charge in [0.1, 0.15) is 12.4 Å². The second-order valence-corrected chi connectivity index (χ2v) is 2.27. The van der Waals surface area contributed by atoms with Crippen LogP contribution in [0.1, 0.15) is 0 Å². The van der Waals surface area contributed by atoms with Crippen molar-refractivity contribution in [1.82, 2.24) is 0 Å². The van der Waals surface area contributed by atoms with Gasteiger partial charge < -0.3 is 4.74 Å². The Kier molecular flexibility index (Phi) is 2.83. The summed E-state index contributed by atoms with van der Waals surface area (Å²) >= 11 is 5.64. The number of terminal acetylenes is 1. The van der Waals surface area contributed by atoms with E-state index in [0.29, 0.717) is 10.8 Å². The molecule has 55 valence electrons. The summed E-state index contributed by atoms with van der Waals surface area (Å²) in [6.45, 7) is 0.264. The highest BCUT2D eigenvalue weighted by atomic mass is 35.5. The number of halogens is 1. The van der Waals surface area contributed by atoms with Gasteiger partial charge in [0.25, 0.3) is 0 Å². The van der Waals surface area contributed by atoms with E-state index in [1.54, 1.807) is 18.2 Å². The smallest absolute Gasteiger partial charge is 0.148 e. The van der Waals surface area contributed by atoms with E-state index < -0.39 is 0 Å². The third-order valence-electron chi connectivity index (χ3n) is 1.06. The van der Waals surface area contributed by atoms with Crippen LogP contribution in [0.2, 0.25) is 5.02 Å². The Morgan fingerprint density at radius 1 is 1.73 bits per heavy atom. The Bertz CT molecular complexity index is 275. The van der Waals surface area contributed by atoms with E-state index in [9.17, 15) is 0 Å². The standard InChI is InChI=1S/C9H6ClO/c1-2-6-11-9-5-3-4-8(10)7-9/h1,3,5,7H,6H2. The molecule has 0 saturated heterocycles. The highest BCUT2D eigenvalue weighted by Gasteiger charge is 1.91. The highest BCUT2D eigenvalue weighted by Crippen LogP contribution is 2.15. The molecule has 0 N–H and O–H groups in total. The largest absolute Gasteiger partial charge is 0.481 e. The summed E-state index contributed by atoms with van der Waals surface area (Å²) in [6.07, 6.45) is 5.00. The summed E-state index contributed by atoms with van der Waals surface area (Å²) in [5.41, 5.74) is 0. The van der Waals surface area contributed by atoms with Gasteiger partial charge in [-0.1, -0.05) is 17.5 Å². The molecule has 0 bridgehead atoms. The van der Waals surface area contributed by atoms with Crippen molar-refractivity contribution in [3.8, 4) is 18.1 Å². The van der Waals surface area contributed by atoms with Crippen LogP contribution in [-0.2, 0) is 0 Å². The Morgan fingerprint density at radius 2 is 2.55 bits per heavy atom. The molecule has 0 aliphatic heterocycles. The third kappa shape index (κ3) is 2.53. The summed E-state index contributed by atoms with van der Waals surface area (Å²) in [5, 5.41) is 0.527. The normalized spacial score (nSPS) is 8.73. The maximum atomic E-state index is 5.64. The second kappa shape index (κ2) is 3.90. The zero-order valence-corrected chi connectivity index (χ0v) is 6.56. The first-order chi connectivity index (χ1) is 5.33. The van der Waals surface area contributed by atoms with Crippen molar-refractivity contribution < 1.29 is 4.74 Å². The van der Waals surface area contributed by atoms with Crippen molar-refractivity contribution in [2.45, 2.75) is 0 Å². The first-order valence-electron chi connectivity index (χ1n) is 3.06. The third-order valence-corrected chi connectivity index (χ3v) is 1.28. The molecule has 0 aromatic heterocycles. The molecule has 0 atom stereocenters. The van der Waals surface area contributed by atoms with Crippen molar-refractivity contribution in [3.05, 3.63) is 29.3 Å². The summed E-state index contributed by atoms with van der Waals surface area (Å²) in [5.74, 6) is 3.03. The lowest BCUT2D eigenvalue weighted by molar-refractivity contribution is 0.370. The van der Waals surface area contributed by atoms with Gasteiger partial charge in [0.05, 0.1) is 5.02 Å². The number of ether oxygens (including phenoxy) is 1. The molecule has 0 aliphatic rings. The van der Waals surface area contributed by atoms with Crippen LogP contribution in [0.15, 0.2) is 18.2 Å². The second-order valence-electron chi connectivity index (χ2n) is 1.87. The summed E-state index contributed by atoms with van der Waals surface area (Å²) in [6, 6.07) is 7.89. The van der Waals surface area contributed by atoms with E-state index in [2.05, 4.69) is 12.0 Å². The van der Waals surface area contributed by atoms with Gasteiger partial charge in [-0.3, -0.25) is 0 Å². The van der Waals surface area contributed by atoms with E-state index in [1.165, 1.54) is 0 Å². The predicted molar refractivity (Wildman–Crippen MR) is 44.6 cm³/mol. The van der Waals surface area contributed by atoms with Crippen LogP contribution in [-0.4, -0.2) is 6.61 Å². The lowest BCUT2D eigenvalue weighted by Crippen LogP contribution is -1.92. The predicted octanol–water partition coefficient (Wildman–Crippen LogP) is 2.15. The fraction of sp³-hybridized carbons (Fsp3) is 0.111. The lowest BCUT2D eigenvalue weighted by atomic mass is 10.3. The van der Waals surface area contributed by atoms with Gasteiger partial charge in [0, 0.05) is 6.07 Å². The Hall–Kier alpha value is -1.13. The van der Waals surface area contributed by atoms with Crippen LogP contribution in [0.25, 0.3) is 0 Å². The maximum absolute atomic E-state index is 5.64. The molecule has 0 unspecified atom stereocenters. The molecule has 1 nitrogen and oxygen atoms in total. The molecular formula is C9H6ClO. The number of benzene rings is 1. The van der Waals surface area contributed by atoms with Gasteiger partial charge in [0.2, 0.25) is 0 Å². The van der Waals surface area contributed by atoms with Crippen LogP contribution in [0.4, 0.5) is 0 Å². The molecule has 0 heterocycles. The van der Waals surface area contributed by atoms with Crippen molar-refractivity contribution in [3.63, 3.8) is 0 Å². The van der Waals surface area contributed by atoms with Gasteiger partial charge >= 0.3 is 0 Å². The maximum Gasteiger partial charge on any atom is 0.148 e. The molecular weight excluding hydrogens is 160 g/mol. The van der Waals surface area contributed by atoms with Crippen molar-refractivity contribution in [1.29, 1.82) is 0 Å². The number of rotatable bonds is 2. The molecule has 2 heteroatoms. The molecule has 0 fully saturated rings. The average molecular weight is 166 g/mol. The van der Waals surface area contributed by atoms with Crippen molar-refractivity contribution in [2.75, 3.05) is 6.61 Å². The fourth-order valence-electron chi connectivity index (χ4n) is 0.633. The van der Waals surface area contributed by atoms with E-state index in [4.69, 9.17) is 22.8 Å². The van der Waals surface area contributed by atoms with Crippen molar-refractivity contribution in [2.24, 2.45) is 0 Å². The Balaban J connectivity index is 2.65. The summed E-state index contributed by atoms with van der Waals surface area (Å²) in [7, 11) is 0. The molecule has 0 aliphatic carbocycles. The first kappa shape index (κ1) is 7.97. The molecule has 1 aromatic rings.